The molecule has 0 unspecified atom stereocenters. The summed E-state index contributed by atoms with van der Waals surface area (Å²) in [5, 5.41) is 4.76. The standard InChI is InChI=1S/C23H23NO3S/c25-22(17-27-23(26)16-20-12-7-15-28-20)24-14-13-21(18-8-3-1-4-9-18)19-10-5-2-6-11-19/h1-12,15,21H,13-14,16-17H2,(H,24,25). The van der Waals surface area contributed by atoms with Crippen molar-refractivity contribution in [1.29, 1.82) is 0 Å². The van der Waals surface area contributed by atoms with Crippen LogP contribution in [0, 0.1) is 0 Å². The van der Waals surface area contributed by atoms with Crippen molar-refractivity contribution in [3.05, 3.63) is 94.2 Å². The molecule has 0 radical (unpaired) electrons. The first-order valence-electron chi connectivity index (χ1n) is 9.27. The van der Waals surface area contributed by atoms with E-state index in [0.717, 1.165) is 11.3 Å². The fourth-order valence-corrected chi connectivity index (χ4v) is 3.75. The smallest absolute Gasteiger partial charge is 0.311 e. The Labute approximate surface area is 169 Å². The van der Waals surface area contributed by atoms with Crippen molar-refractivity contribution >= 4 is 23.2 Å². The minimum Gasteiger partial charge on any atom is -0.455 e. The Morgan fingerprint density at radius 2 is 1.54 bits per heavy atom. The Kier molecular flexibility index (Phi) is 7.38. The topological polar surface area (TPSA) is 55.4 Å². The zero-order valence-corrected chi connectivity index (χ0v) is 16.4. The second-order valence-electron chi connectivity index (χ2n) is 6.43. The van der Waals surface area contributed by atoms with Crippen molar-refractivity contribution in [3.8, 4) is 0 Å². The van der Waals surface area contributed by atoms with Crippen LogP contribution >= 0.6 is 11.3 Å². The van der Waals surface area contributed by atoms with Crippen LogP contribution in [0.15, 0.2) is 78.2 Å². The van der Waals surface area contributed by atoms with Crippen molar-refractivity contribution in [2.24, 2.45) is 0 Å². The van der Waals surface area contributed by atoms with Crippen LogP contribution in [-0.2, 0) is 20.7 Å². The Balaban J connectivity index is 1.47. The van der Waals surface area contributed by atoms with Gasteiger partial charge in [0.05, 0.1) is 6.42 Å². The molecule has 0 saturated carbocycles. The fraction of sp³-hybridized carbons (Fsp3) is 0.217. The number of benzene rings is 2. The molecule has 28 heavy (non-hydrogen) atoms. The van der Waals surface area contributed by atoms with Crippen molar-refractivity contribution in [3.63, 3.8) is 0 Å². The number of hydrogen-bond acceptors (Lipinski definition) is 4. The number of rotatable bonds is 9. The molecule has 4 nitrogen and oxygen atoms in total. The van der Waals surface area contributed by atoms with Crippen LogP contribution in [0.1, 0.15) is 28.3 Å². The maximum Gasteiger partial charge on any atom is 0.311 e. The molecule has 0 aliphatic carbocycles. The zero-order chi connectivity index (χ0) is 19.6. The molecule has 0 fully saturated rings. The first-order chi connectivity index (χ1) is 13.7. The Hall–Kier alpha value is -2.92. The highest BCUT2D eigenvalue weighted by molar-refractivity contribution is 7.10. The third-order valence-electron chi connectivity index (χ3n) is 4.42. The van der Waals surface area contributed by atoms with Gasteiger partial charge < -0.3 is 10.1 Å². The van der Waals surface area contributed by atoms with Crippen LogP contribution in [0.3, 0.4) is 0 Å². The molecule has 1 aromatic heterocycles. The quantitative estimate of drug-likeness (QED) is 0.555. The molecule has 144 valence electrons. The summed E-state index contributed by atoms with van der Waals surface area (Å²) in [5.41, 5.74) is 2.43. The minimum absolute atomic E-state index is 0.198. The summed E-state index contributed by atoms with van der Waals surface area (Å²) >= 11 is 1.50. The van der Waals surface area contributed by atoms with Crippen molar-refractivity contribution in [1.82, 2.24) is 5.32 Å². The molecule has 3 aromatic rings. The molecular weight excluding hydrogens is 370 g/mol. The summed E-state index contributed by atoms with van der Waals surface area (Å²) in [7, 11) is 0. The van der Waals surface area contributed by atoms with E-state index >= 15 is 0 Å². The third kappa shape index (κ3) is 6.06. The monoisotopic (exact) mass is 393 g/mol. The number of carbonyl (C=O) groups is 2. The minimum atomic E-state index is -0.385. The van der Waals surface area contributed by atoms with Gasteiger partial charge in [0.15, 0.2) is 6.61 Å². The largest absolute Gasteiger partial charge is 0.455 e. The van der Waals surface area contributed by atoms with Crippen LogP contribution in [0.2, 0.25) is 0 Å². The molecule has 2 aromatic carbocycles. The molecule has 5 heteroatoms. The Morgan fingerprint density at radius 3 is 2.11 bits per heavy atom. The molecule has 0 aliphatic rings. The highest BCUT2D eigenvalue weighted by Gasteiger charge is 2.14. The number of nitrogens with one attached hydrogen (secondary N) is 1. The maximum absolute atomic E-state index is 12.0. The predicted octanol–water partition coefficient (Wildman–Crippen LogP) is 4.17. The number of ether oxygens (including phenoxy) is 1. The molecule has 3 rings (SSSR count). The van der Waals surface area contributed by atoms with Gasteiger partial charge in [-0.1, -0.05) is 66.7 Å². The summed E-state index contributed by atoms with van der Waals surface area (Å²) in [5.74, 6) is -0.465. The SMILES string of the molecule is O=C(COC(=O)Cc1cccs1)NCCC(c1ccccc1)c1ccccc1. The summed E-state index contributed by atoms with van der Waals surface area (Å²) in [4.78, 5) is 24.7. The van der Waals surface area contributed by atoms with Gasteiger partial charge >= 0.3 is 5.97 Å². The fourth-order valence-electron chi connectivity index (χ4n) is 3.06. The zero-order valence-electron chi connectivity index (χ0n) is 15.5. The molecule has 0 saturated heterocycles. The van der Waals surface area contributed by atoms with Crippen molar-refractivity contribution in [2.45, 2.75) is 18.8 Å². The second kappa shape index (κ2) is 10.4. The van der Waals surface area contributed by atoms with E-state index in [2.05, 4.69) is 29.6 Å². The van der Waals surface area contributed by atoms with Crippen molar-refractivity contribution < 1.29 is 14.3 Å². The second-order valence-corrected chi connectivity index (χ2v) is 7.46. The molecule has 0 atom stereocenters. The van der Waals surface area contributed by atoms with Gasteiger partial charge in [0.2, 0.25) is 0 Å². The van der Waals surface area contributed by atoms with Gasteiger partial charge in [-0.25, -0.2) is 0 Å². The number of amides is 1. The third-order valence-corrected chi connectivity index (χ3v) is 5.30. The van der Waals surface area contributed by atoms with Gasteiger partial charge in [0.25, 0.3) is 5.91 Å². The van der Waals surface area contributed by atoms with Crippen LogP contribution in [-0.4, -0.2) is 25.0 Å². The van der Waals surface area contributed by atoms with Gasteiger partial charge in [-0.2, -0.15) is 0 Å². The van der Waals surface area contributed by atoms with E-state index in [0.29, 0.717) is 6.54 Å². The van der Waals surface area contributed by atoms with E-state index in [1.54, 1.807) is 0 Å². The molecule has 0 bridgehead atoms. The van der Waals surface area contributed by atoms with Crippen LogP contribution in [0.4, 0.5) is 0 Å². The van der Waals surface area contributed by atoms with Crippen LogP contribution in [0.25, 0.3) is 0 Å². The van der Waals surface area contributed by atoms with E-state index in [9.17, 15) is 9.59 Å². The first-order valence-corrected chi connectivity index (χ1v) is 10.1. The summed E-state index contributed by atoms with van der Waals surface area (Å²) in [6, 6.07) is 24.3. The van der Waals surface area contributed by atoms with Gasteiger partial charge in [-0.15, -0.1) is 11.3 Å². The van der Waals surface area contributed by atoms with Crippen LogP contribution in [0.5, 0.6) is 0 Å². The van der Waals surface area contributed by atoms with Crippen LogP contribution < -0.4 is 5.32 Å². The van der Waals surface area contributed by atoms with Gasteiger partial charge in [-0.05, 0) is 29.0 Å². The lowest BCUT2D eigenvalue weighted by atomic mass is 9.88. The first kappa shape index (κ1) is 19.8. The number of esters is 1. The molecular formula is C23H23NO3S. The summed E-state index contributed by atoms with van der Waals surface area (Å²) < 4.78 is 5.06. The summed E-state index contributed by atoms with van der Waals surface area (Å²) in [6.45, 7) is 0.265. The molecule has 1 heterocycles. The Morgan fingerprint density at radius 1 is 0.893 bits per heavy atom. The van der Waals surface area contributed by atoms with Gasteiger partial charge in [-0.3, -0.25) is 9.59 Å². The van der Waals surface area contributed by atoms with E-state index < -0.39 is 0 Å². The molecule has 1 amide bonds. The molecule has 0 spiro atoms. The predicted molar refractivity (Wildman–Crippen MR) is 111 cm³/mol. The lowest BCUT2D eigenvalue weighted by molar-refractivity contribution is -0.147. The number of carbonyl (C=O) groups excluding carboxylic acids is 2. The normalized spacial score (nSPS) is 10.6. The van der Waals surface area contributed by atoms with Crippen molar-refractivity contribution in [2.75, 3.05) is 13.2 Å². The van der Waals surface area contributed by atoms with E-state index in [1.807, 2.05) is 53.9 Å². The summed E-state index contributed by atoms with van der Waals surface area (Å²) in [6.07, 6.45) is 0.970. The number of hydrogen-bond donors (Lipinski definition) is 1. The molecule has 0 aliphatic heterocycles. The van der Waals surface area contributed by atoms with E-state index in [1.165, 1.54) is 22.5 Å². The maximum atomic E-state index is 12.0. The Bertz CT molecular complexity index is 824. The average Bonchev–Trinajstić information content (AvgIpc) is 3.24. The highest BCUT2D eigenvalue weighted by Crippen LogP contribution is 2.27. The lowest BCUT2D eigenvalue weighted by Gasteiger charge is -2.18. The van der Waals surface area contributed by atoms with Gasteiger partial charge in [0.1, 0.15) is 0 Å². The number of thiophene rings is 1. The lowest BCUT2D eigenvalue weighted by Crippen LogP contribution is -2.30. The van der Waals surface area contributed by atoms with E-state index in [4.69, 9.17) is 4.74 Å². The average molecular weight is 394 g/mol. The highest BCUT2D eigenvalue weighted by atomic mass is 32.1. The van der Waals surface area contributed by atoms with E-state index in [-0.39, 0.29) is 30.8 Å². The van der Waals surface area contributed by atoms with Gasteiger partial charge in [0, 0.05) is 17.3 Å². The molecule has 1 N–H and O–H groups in total.